The highest BCUT2D eigenvalue weighted by atomic mass is 35.5. The molecule has 10 nitrogen and oxygen atoms in total. The maximum absolute atomic E-state index is 13.1. The number of ether oxygens (including phenoxy) is 2. The molecule has 2 aromatic carbocycles. The summed E-state index contributed by atoms with van der Waals surface area (Å²) in [6.07, 6.45) is 2.04. The monoisotopic (exact) mass is 552 g/mol. The molecule has 2 unspecified atom stereocenters. The molecule has 3 heterocycles. The third-order valence-corrected chi connectivity index (χ3v) is 7.55. The Morgan fingerprint density at radius 2 is 2.03 bits per heavy atom. The van der Waals surface area contributed by atoms with E-state index in [0.29, 0.717) is 36.4 Å². The SMILES string of the molecule is CC12N=C(C(=O)NCc3cccc(OCCCOc4ncn[nH]4)c3)NC(=O)C1C(c1ccccc1Cl)=CS2. The molecule has 0 fully saturated rings. The number of aromatic nitrogens is 3. The average Bonchev–Trinajstić information content (AvgIpc) is 3.55. The van der Waals surface area contributed by atoms with Crippen molar-refractivity contribution in [3.63, 3.8) is 0 Å². The van der Waals surface area contributed by atoms with Gasteiger partial charge in [-0.2, -0.15) is 10.1 Å². The predicted octanol–water partition coefficient (Wildman–Crippen LogP) is 3.57. The number of hydrogen-bond acceptors (Lipinski definition) is 8. The van der Waals surface area contributed by atoms with Crippen molar-refractivity contribution in [2.75, 3.05) is 13.2 Å². The molecule has 2 amide bonds. The number of hydrogen-bond donors (Lipinski definition) is 3. The summed E-state index contributed by atoms with van der Waals surface area (Å²) in [5.74, 6) is -0.629. The summed E-state index contributed by atoms with van der Waals surface area (Å²) in [4.78, 5) is 33.7. The van der Waals surface area contributed by atoms with Gasteiger partial charge in [0, 0.05) is 18.0 Å². The number of carbonyl (C=O) groups excluding carboxylic acids is 2. The van der Waals surface area contributed by atoms with Crippen molar-refractivity contribution in [2.24, 2.45) is 10.9 Å². The van der Waals surface area contributed by atoms with Crippen molar-refractivity contribution in [1.82, 2.24) is 25.8 Å². The van der Waals surface area contributed by atoms with E-state index in [0.717, 1.165) is 16.7 Å². The number of aromatic amines is 1. The lowest BCUT2D eigenvalue weighted by Gasteiger charge is -2.33. The Bertz CT molecular complexity index is 1400. The quantitative estimate of drug-likeness (QED) is 0.328. The van der Waals surface area contributed by atoms with Crippen molar-refractivity contribution >= 4 is 46.6 Å². The molecule has 0 aliphatic carbocycles. The number of rotatable bonds is 10. The predicted molar refractivity (Wildman–Crippen MR) is 145 cm³/mol. The van der Waals surface area contributed by atoms with E-state index in [9.17, 15) is 9.59 Å². The average molecular weight is 553 g/mol. The number of thioether (sulfide) groups is 1. The maximum atomic E-state index is 13.1. The van der Waals surface area contributed by atoms with E-state index in [1.54, 1.807) is 6.07 Å². The lowest BCUT2D eigenvalue weighted by molar-refractivity contribution is -0.124. The number of H-pyrrole nitrogens is 1. The Morgan fingerprint density at radius 3 is 2.84 bits per heavy atom. The molecule has 1 aromatic heterocycles. The van der Waals surface area contributed by atoms with Gasteiger partial charge in [-0.3, -0.25) is 9.59 Å². The zero-order valence-electron chi connectivity index (χ0n) is 20.4. The molecule has 196 valence electrons. The highest BCUT2D eigenvalue weighted by molar-refractivity contribution is 8.04. The Hall–Kier alpha value is -3.83. The fraction of sp³-hybridized carbons (Fsp3) is 0.269. The molecule has 38 heavy (non-hydrogen) atoms. The minimum absolute atomic E-state index is 0.00535. The molecular weight excluding hydrogens is 528 g/mol. The third kappa shape index (κ3) is 5.68. The number of aliphatic imine (C=N–C) groups is 1. The van der Waals surface area contributed by atoms with Crippen LogP contribution in [0.2, 0.25) is 5.02 Å². The van der Waals surface area contributed by atoms with E-state index in [-0.39, 0.29) is 18.3 Å². The summed E-state index contributed by atoms with van der Waals surface area (Å²) in [7, 11) is 0. The Morgan fingerprint density at radius 1 is 1.18 bits per heavy atom. The third-order valence-electron chi connectivity index (χ3n) is 6.05. The zero-order valence-corrected chi connectivity index (χ0v) is 22.0. The highest BCUT2D eigenvalue weighted by Gasteiger charge is 2.50. The number of nitrogens with zero attached hydrogens (tertiary/aromatic N) is 3. The minimum Gasteiger partial charge on any atom is -0.493 e. The molecule has 0 spiro atoms. The molecule has 0 saturated heterocycles. The van der Waals surface area contributed by atoms with Crippen LogP contribution in [0.3, 0.4) is 0 Å². The first-order chi connectivity index (χ1) is 18.4. The number of fused-ring (bicyclic) bond motifs is 1. The first-order valence-corrected chi connectivity index (χ1v) is 13.2. The minimum atomic E-state index is -0.839. The molecule has 5 rings (SSSR count). The highest BCUT2D eigenvalue weighted by Crippen LogP contribution is 2.52. The van der Waals surface area contributed by atoms with Crippen LogP contribution in [0.1, 0.15) is 24.5 Å². The molecule has 12 heteroatoms. The van der Waals surface area contributed by atoms with Gasteiger partial charge >= 0.3 is 6.01 Å². The molecule has 2 aliphatic rings. The molecule has 0 bridgehead atoms. The standard InChI is InChI=1S/C26H25ClN6O4S/c1-26-21(19(14-38-26)18-8-2-3-9-20(18)27)23(34)31-22(32-26)24(35)28-13-16-6-4-7-17(12-16)36-10-5-11-37-25-29-15-30-33-25/h2-4,6-9,12,14-15,21H,5,10-11,13H2,1H3,(H,28,35)(H,29,30,33)(H,31,32,34). The van der Waals surface area contributed by atoms with Crippen molar-refractivity contribution in [3.8, 4) is 11.8 Å². The van der Waals surface area contributed by atoms with Crippen molar-refractivity contribution < 1.29 is 19.1 Å². The van der Waals surface area contributed by atoms with Crippen molar-refractivity contribution in [3.05, 3.63) is 76.4 Å². The van der Waals surface area contributed by atoms with Gasteiger partial charge in [0.2, 0.25) is 5.91 Å². The molecule has 2 atom stereocenters. The topological polar surface area (TPSA) is 131 Å². The lowest BCUT2D eigenvalue weighted by Crippen LogP contribution is -2.53. The molecular formula is C26H25ClN6O4S. The van der Waals surface area contributed by atoms with Gasteiger partial charge in [0.05, 0.1) is 19.1 Å². The van der Waals surface area contributed by atoms with Crippen molar-refractivity contribution in [1.29, 1.82) is 0 Å². The van der Waals surface area contributed by atoms with Crippen LogP contribution in [0, 0.1) is 5.92 Å². The van der Waals surface area contributed by atoms with Gasteiger partial charge in [0.1, 0.15) is 16.9 Å². The van der Waals surface area contributed by atoms with E-state index in [1.807, 2.05) is 54.8 Å². The van der Waals surface area contributed by atoms with Crippen LogP contribution in [0.15, 0.2) is 65.3 Å². The first kappa shape index (κ1) is 25.8. The number of nitrogens with one attached hydrogen (secondary N) is 3. The van der Waals surface area contributed by atoms with Crippen LogP contribution in [-0.4, -0.2) is 50.9 Å². The Kier molecular flexibility index (Phi) is 7.66. The first-order valence-electron chi connectivity index (χ1n) is 11.9. The van der Waals surface area contributed by atoms with E-state index in [4.69, 9.17) is 21.1 Å². The van der Waals surface area contributed by atoms with Gasteiger partial charge < -0.3 is 20.1 Å². The van der Waals surface area contributed by atoms with Gasteiger partial charge in [-0.1, -0.05) is 41.9 Å². The summed E-state index contributed by atoms with van der Waals surface area (Å²) in [5, 5.41) is 14.3. The van der Waals surface area contributed by atoms with Gasteiger partial charge in [-0.15, -0.1) is 11.8 Å². The van der Waals surface area contributed by atoms with Crippen LogP contribution in [0.25, 0.3) is 5.57 Å². The van der Waals surface area contributed by atoms with Crippen LogP contribution in [0.5, 0.6) is 11.8 Å². The summed E-state index contributed by atoms with van der Waals surface area (Å²) in [6, 6.07) is 15.2. The van der Waals surface area contributed by atoms with Gasteiger partial charge in [0.25, 0.3) is 5.91 Å². The van der Waals surface area contributed by atoms with Gasteiger partial charge in [-0.25, -0.2) is 10.1 Å². The fourth-order valence-electron chi connectivity index (χ4n) is 4.24. The number of amides is 2. The van der Waals surface area contributed by atoms with Gasteiger partial charge in [0.15, 0.2) is 5.84 Å². The van der Waals surface area contributed by atoms with Crippen LogP contribution in [0.4, 0.5) is 0 Å². The molecule has 0 radical (unpaired) electrons. The summed E-state index contributed by atoms with van der Waals surface area (Å²) in [6.45, 7) is 2.99. The number of halogens is 1. The molecule has 3 aromatic rings. The summed E-state index contributed by atoms with van der Waals surface area (Å²) >= 11 is 7.79. The van der Waals surface area contributed by atoms with Crippen molar-refractivity contribution in [2.45, 2.75) is 24.8 Å². The molecule has 2 aliphatic heterocycles. The molecule has 3 N–H and O–H groups in total. The number of amidine groups is 1. The number of benzene rings is 2. The van der Waals surface area contributed by atoms with E-state index in [2.05, 4.69) is 30.8 Å². The van der Waals surface area contributed by atoms with Gasteiger partial charge in [-0.05, 0) is 47.2 Å². The summed E-state index contributed by atoms with van der Waals surface area (Å²) < 4.78 is 11.2. The van der Waals surface area contributed by atoms with Crippen LogP contribution >= 0.6 is 23.4 Å². The Balaban J connectivity index is 1.15. The molecule has 0 saturated carbocycles. The second-order valence-corrected chi connectivity index (χ2v) is 10.5. The second kappa shape index (κ2) is 11.3. The normalized spacial score (nSPS) is 20.2. The van der Waals surface area contributed by atoms with Crippen LogP contribution < -0.4 is 20.1 Å². The number of carbonyl (C=O) groups is 2. The second-order valence-electron chi connectivity index (χ2n) is 8.78. The Labute approximate surface area is 228 Å². The van der Waals surface area contributed by atoms with E-state index in [1.165, 1.54) is 18.1 Å². The smallest absolute Gasteiger partial charge is 0.312 e. The fourth-order valence-corrected chi connectivity index (χ4v) is 5.62. The van der Waals surface area contributed by atoms with E-state index < -0.39 is 16.7 Å². The zero-order chi connectivity index (χ0) is 26.5. The van der Waals surface area contributed by atoms with Crippen LogP contribution in [-0.2, 0) is 16.1 Å². The lowest BCUT2D eigenvalue weighted by atomic mass is 9.86. The maximum Gasteiger partial charge on any atom is 0.312 e. The van der Waals surface area contributed by atoms with E-state index >= 15 is 0 Å². The largest absolute Gasteiger partial charge is 0.493 e. The summed E-state index contributed by atoms with van der Waals surface area (Å²) in [5.41, 5.74) is 2.43.